The van der Waals surface area contributed by atoms with Gasteiger partial charge in [0.1, 0.15) is 6.04 Å². The first-order valence-corrected chi connectivity index (χ1v) is 3.35. The summed E-state index contributed by atoms with van der Waals surface area (Å²) in [7, 11) is 0. The van der Waals surface area contributed by atoms with Gasteiger partial charge in [0.05, 0.1) is 6.42 Å². The summed E-state index contributed by atoms with van der Waals surface area (Å²) < 4.78 is 0. The first-order chi connectivity index (χ1) is 5.11. The Hall–Kier alpha value is -0.810. The predicted octanol–water partition coefficient (Wildman–Crippen LogP) is -0.261. The van der Waals surface area contributed by atoms with Crippen LogP contribution in [0.1, 0.15) is 6.42 Å². The molecule has 0 aromatic carbocycles. The highest BCUT2D eigenvalue weighted by Gasteiger charge is 2.31. The Bertz CT molecular complexity index is 206. The van der Waals surface area contributed by atoms with E-state index in [-0.39, 0.29) is 11.6 Å². The van der Waals surface area contributed by atoms with Crippen molar-refractivity contribution < 1.29 is 14.7 Å². The second-order valence-electron chi connectivity index (χ2n) is 2.18. The minimum atomic E-state index is -0.980. The predicted molar refractivity (Wildman–Crippen MR) is 38.4 cm³/mol. The lowest BCUT2D eigenvalue weighted by molar-refractivity contribution is -0.139. The van der Waals surface area contributed by atoms with Gasteiger partial charge in [0.15, 0.2) is 11.3 Å². The molecule has 0 radical (unpaired) electrons. The van der Waals surface area contributed by atoms with Crippen molar-refractivity contribution in [1.29, 1.82) is 0 Å². The molecule has 0 bridgehead atoms. The van der Waals surface area contributed by atoms with Crippen LogP contribution in [0, 0.1) is 0 Å². The highest BCUT2D eigenvalue weighted by molar-refractivity contribution is 6.66. The number of carboxylic acids is 1. The van der Waals surface area contributed by atoms with Crippen LogP contribution in [-0.4, -0.2) is 28.4 Å². The number of nitrogens with zero attached hydrogens (tertiary/aromatic N) is 1. The van der Waals surface area contributed by atoms with E-state index in [1.54, 1.807) is 0 Å². The first kappa shape index (κ1) is 8.29. The van der Waals surface area contributed by atoms with Gasteiger partial charge in [0.25, 0.3) is 0 Å². The third-order valence-electron chi connectivity index (χ3n) is 1.33. The summed E-state index contributed by atoms with van der Waals surface area (Å²) in [4.78, 5) is 14.8. The molecule has 5 nitrogen and oxygen atoms in total. The van der Waals surface area contributed by atoms with Gasteiger partial charge < -0.3 is 15.7 Å². The van der Waals surface area contributed by atoms with Crippen molar-refractivity contribution in [3.63, 3.8) is 0 Å². The summed E-state index contributed by atoms with van der Waals surface area (Å²) in [6, 6.07) is -0.604. The molecule has 1 heterocycles. The molecule has 0 aromatic heterocycles. The van der Waals surface area contributed by atoms with Gasteiger partial charge in [-0.05, 0) is 0 Å². The molecule has 1 aliphatic rings. The summed E-state index contributed by atoms with van der Waals surface area (Å²) in [6.45, 7) is 0. The van der Waals surface area contributed by atoms with Gasteiger partial charge in [-0.3, -0.25) is 4.79 Å². The zero-order valence-electron chi connectivity index (χ0n) is 5.53. The topological polar surface area (TPSA) is 84.9 Å². The molecule has 0 aromatic rings. The van der Waals surface area contributed by atoms with Crippen LogP contribution in [0.4, 0.5) is 0 Å². The van der Waals surface area contributed by atoms with E-state index in [9.17, 15) is 4.79 Å². The molecule has 0 fully saturated rings. The average Bonchev–Trinajstić information content (AvgIpc) is 2.18. The summed E-state index contributed by atoms with van der Waals surface area (Å²) in [6.07, 6.45) is -0.805. The fourth-order valence-electron chi connectivity index (χ4n) is 0.734. The summed E-state index contributed by atoms with van der Waals surface area (Å²) in [5, 5.41) is 11.8. The fourth-order valence-corrected chi connectivity index (χ4v) is 0.915. The van der Waals surface area contributed by atoms with Crippen molar-refractivity contribution in [2.75, 3.05) is 0 Å². The molecule has 2 atom stereocenters. The number of oxime groups is 1. The molecule has 0 spiro atoms. The van der Waals surface area contributed by atoms with E-state index in [0.717, 1.165) is 0 Å². The van der Waals surface area contributed by atoms with Crippen molar-refractivity contribution in [3.8, 4) is 0 Å². The van der Waals surface area contributed by atoms with Crippen LogP contribution in [0.3, 0.4) is 0 Å². The van der Waals surface area contributed by atoms with Crippen LogP contribution in [0.2, 0.25) is 0 Å². The van der Waals surface area contributed by atoms with E-state index in [0.29, 0.717) is 0 Å². The Morgan fingerprint density at radius 2 is 2.55 bits per heavy atom. The number of halogens is 1. The van der Waals surface area contributed by atoms with E-state index in [1.807, 2.05) is 0 Å². The lowest BCUT2D eigenvalue weighted by Crippen LogP contribution is -2.37. The van der Waals surface area contributed by atoms with Crippen LogP contribution in [-0.2, 0) is 9.63 Å². The molecular formula is C5H7ClN2O3. The van der Waals surface area contributed by atoms with E-state index in [4.69, 9.17) is 22.4 Å². The van der Waals surface area contributed by atoms with Crippen LogP contribution >= 0.6 is 11.6 Å². The van der Waals surface area contributed by atoms with Crippen molar-refractivity contribution in [1.82, 2.24) is 0 Å². The van der Waals surface area contributed by atoms with Gasteiger partial charge in [-0.15, -0.1) is 0 Å². The second kappa shape index (κ2) is 3.06. The molecule has 62 valence electrons. The molecule has 3 N–H and O–H groups in total. The maximum absolute atomic E-state index is 10.2. The number of carbonyl (C=O) groups is 1. The lowest BCUT2D eigenvalue weighted by Gasteiger charge is -2.09. The smallest absolute Gasteiger partial charge is 0.307 e. The molecule has 0 saturated heterocycles. The molecule has 0 saturated carbocycles. The largest absolute Gasteiger partial charge is 0.481 e. The number of rotatable bonds is 2. The van der Waals surface area contributed by atoms with Gasteiger partial charge in [0.2, 0.25) is 0 Å². The zero-order chi connectivity index (χ0) is 8.43. The Morgan fingerprint density at radius 1 is 1.91 bits per heavy atom. The normalized spacial score (nSPS) is 29.5. The number of hydrogen-bond acceptors (Lipinski definition) is 4. The number of carboxylic acid groups (broad SMARTS) is 1. The van der Waals surface area contributed by atoms with Crippen molar-refractivity contribution in [2.45, 2.75) is 18.6 Å². The van der Waals surface area contributed by atoms with Gasteiger partial charge in [0, 0.05) is 0 Å². The van der Waals surface area contributed by atoms with Gasteiger partial charge >= 0.3 is 5.97 Å². The van der Waals surface area contributed by atoms with Crippen LogP contribution in [0.5, 0.6) is 0 Å². The maximum atomic E-state index is 10.2. The van der Waals surface area contributed by atoms with E-state index in [2.05, 4.69) is 9.99 Å². The summed E-state index contributed by atoms with van der Waals surface area (Å²) in [5.41, 5.74) is 5.42. The molecular weight excluding hydrogens is 172 g/mol. The molecule has 1 unspecified atom stereocenters. The van der Waals surface area contributed by atoms with Crippen molar-refractivity contribution >= 4 is 22.7 Å². The van der Waals surface area contributed by atoms with Crippen LogP contribution in [0.15, 0.2) is 5.16 Å². The highest BCUT2D eigenvalue weighted by Crippen LogP contribution is 2.14. The molecule has 11 heavy (non-hydrogen) atoms. The Balaban J connectivity index is 2.47. The minimum absolute atomic E-state index is 0.122. The third kappa shape index (κ3) is 1.81. The van der Waals surface area contributed by atoms with E-state index < -0.39 is 18.1 Å². The fraction of sp³-hybridized carbons (Fsp3) is 0.600. The quantitative estimate of drug-likeness (QED) is 0.610. The third-order valence-corrected chi connectivity index (χ3v) is 1.65. The van der Waals surface area contributed by atoms with Crippen molar-refractivity contribution in [3.05, 3.63) is 0 Å². The van der Waals surface area contributed by atoms with Crippen LogP contribution < -0.4 is 5.73 Å². The van der Waals surface area contributed by atoms with Gasteiger partial charge in [-0.2, -0.15) is 0 Å². The monoisotopic (exact) mass is 178 g/mol. The Morgan fingerprint density at radius 3 is 2.91 bits per heavy atom. The number of hydrogen-bond donors (Lipinski definition) is 2. The molecule has 0 amide bonds. The number of nitrogens with two attached hydrogens (primary N) is 1. The minimum Gasteiger partial charge on any atom is -0.481 e. The summed E-state index contributed by atoms with van der Waals surface area (Å²) >= 11 is 5.45. The standard InChI is InChI=1S/C5H7ClN2O3/c6-5-4(7)2(11-8-5)1-3(9)10/h2,4H,1,7H2,(H,9,10)/t2?,4-/m0/s1. The van der Waals surface area contributed by atoms with Crippen LogP contribution in [0.25, 0.3) is 0 Å². The molecule has 0 aliphatic carbocycles. The Labute approximate surface area is 67.8 Å². The average molecular weight is 179 g/mol. The van der Waals surface area contributed by atoms with Gasteiger partial charge in [-0.1, -0.05) is 16.8 Å². The molecule has 1 aliphatic heterocycles. The van der Waals surface area contributed by atoms with E-state index in [1.165, 1.54) is 0 Å². The highest BCUT2D eigenvalue weighted by atomic mass is 35.5. The first-order valence-electron chi connectivity index (χ1n) is 2.98. The van der Waals surface area contributed by atoms with Gasteiger partial charge in [-0.25, -0.2) is 0 Å². The zero-order valence-corrected chi connectivity index (χ0v) is 6.28. The van der Waals surface area contributed by atoms with E-state index >= 15 is 0 Å². The Kier molecular flexibility index (Phi) is 2.31. The summed E-state index contributed by atoms with van der Waals surface area (Å²) in [5.74, 6) is -0.980. The SMILES string of the molecule is N[C@@H]1C(Cl)=NOC1CC(=O)O. The lowest BCUT2D eigenvalue weighted by atomic mass is 10.1. The molecule has 1 rings (SSSR count). The van der Waals surface area contributed by atoms with Crippen molar-refractivity contribution in [2.24, 2.45) is 10.9 Å². The number of aliphatic carboxylic acids is 1. The molecule has 6 heteroatoms. The second-order valence-corrected chi connectivity index (χ2v) is 2.57. The maximum Gasteiger partial charge on any atom is 0.307 e.